The van der Waals surface area contributed by atoms with Gasteiger partial charge in [0.2, 0.25) is 0 Å². The van der Waals surface area contributed by atoms with Crippen LogP contribution in [-0.2, 0) is 6.61 Å². The van der Waals surface area contributed by atoms with Gasteiger partial charge in [0.25, 0.3) is 5.91 Å². The number of benzene rings is 4. The molecular weight excluding hydrogens is 487 g/mol. The zero-order valence-electron chi connectivity index (χ0n) is 17.7. The summed E-state index contributed by atoms with van der Waals surface area (Å²) in [6.45, 7) is 0.113. The Morgan fingerprint density at radius 3 is 2.45 bits per heavy atom. The van der Waals surface area contributed by atoms with E-state index in [1.807, 2.05) is 30.3 Å². The smallest absolute Gasteiger partial charge is 0.275 e. The zero-order chi connectivity index (χ0) is 23.2. The average Bonchev–Trinajstić information content (AvgIpc) is 2.83. The lowest BCUT2D eigenvalue weighted by atomic mass is 10.1. The summed E-state index contributed by atoms with van der Waals surface area (Å²) in [6.07, 6.45) is 1.52. The van der Waals surface area contributed by atoms with E-state index in [9.17, 15) is 9.18 Å². The van der Waals surface area contributed by atoms with Crippen LogP contribution in [0.1, 0.15) is 21.5 Å². The minimum atomic E-state index is -0.377. The molecule has 0 atom stereocenters. The van der Waals surface area contributed by atoms with Crippen LogP contribution in [0.15, 0.2) is 88.4 Å². The van der Waals surface area contributed by atoms with E-state index in [0.29, 0.717) is 27.1 Å². The first kappa shape index (κ1) is 22.5. The van der Waals surface area contributed by atoms with Crippen LogP contribution in [0.4, 0.5) is 4.39 Å². The van der Waals surface area contributed by atoms with Crippen LogP contribution in [0, 0.1) is 5.82 Å². The Bertz CT molecular complexity index is 1340. The highest BCUT2D eigenvalue weighted by molar-refractivity contribution is 9.10. The Morgan fingerprint density at radius 2 is 1.73 bits per heavy atom. The number of amides is 1. The molecule has 0 aliphatic carbocycles. The largest absolute Gasteiger partial charge is 0.496 e. The van der Waals surface area contributed by atoms with Crippen LogP contribution >= 0.6 is 15.9 Å². The first-order valence-electron chi connectivity index (χ1n) is 10.1. The van der Waals surface area contributed by atoms with E-state index in [-0.39, 0.29) is 18.3 Å². The van der Waals surface area contributed by atoms with Crippen molar-refractivity contribution in [3.63, 3.8) is 0 Å². The second-order valence-corrected chi connectivity index (χ2v) is 8.02. The van der Waals surface area contributed by atoms with Crippen molar-refractivity contribution >= 4 is 38.8 Å². The van der Waals surface area contributed by atoms with E-state index < -0.39 is 0 Å². The molecule has 5 nitrogen and oxygen atoms in total. The van der Waals surface area contributed by atoms with E-state index in [2.05, 4.69) is 26.5 Å². The fraction of sp³-hybridized carbons (Fsp3) is 0.0769. The molecule has 1 N–H and O–H groups in total. The van der Waals surface area contributed by atoms with Gasteiger partial charge in [0.15, 0.2) is 0 Å². The van der Waals surface area contributed by atoms with Crippen molar-refractivity contribution in [1.82, 2.24) is 5.43 Å². The molecule has 0 aromatic heterocycles. The quantitative estimate of drug-likeness (QED) is 0.243. The molecule has 4 rings (SSSR count). The lowest BCUT2D eigenvalue weighted by molar-refractivity contribution is 0.0952. The molecule has 0 unspecified atom stereocenters. The average molecular weight is 507 g/mol. The Morgan fingerprint density at radius 1 is 1.00 bits per heavy atom. The monoisotopic (exact) mass is 506 g/mol. The van der Waals surface area contributed by atoms with Gasteiger partial charge in [0.05, 0.1) is 23.4 Å². The minimum absolute atomic E-state index is 0.113. The van der Waals surface area contributed by atoms with Crippen molar-refractivity contribution in [2.75, 3.05) is 7.11 Å². The van der Waals surface area contributed by atoms with Crippen molar-refractivity contribution in [1.29, 1.82) is 0 Å². The molecule has 4 aromatic rings. The number of halogens is 2. The minimum Gasteiger partial charge on any atom is -0.496 e. The van der Waals surface area contributed by atoms with Gasteiger partial charge >= 0.3 is 0 Å². The fourth-order valence-corrected chi connectivity index (χ4v) is 3.79. The Hall–Kier alpha value is -3.71. The van der Waals surface area contributed by atoms with Gasteiger partial charge in [-0.05, 0) is 68.7 Å². The molecule has 0 saturated carbocycles. The zero-order valence-corrected chi connectivity index (χ0v) is 19.3. The fourth-order valence-electron chi connectivity index (χ4n) is 3.28. The van der Waals surface area contributed by atoms with E-state index >= 15 is 0 Å². The predicted octanol–water partition coefficient (Wildman–Crippen LogP) is 6.09. The van der Waals surface area contributed by atoms with Crippen LogP contribution in [0.25, 0.3) is 10.8 Å². The number of fused-ring (bicyclic) bond motifs is 1. The van der Waals surface area contributed by atoms with Crippen LogP contribution in [0.2, 0.25) is 0 Å². The highest BCUT2D eigenvalue weighted by Crippen LogP contribution is 2.27. The SMILES string of the molecule is COc1cc2ccccc2cc1C(=O)N/N=C\c1ccc(OCc2ccccc2F)c(Br)c1. The second-order valence-electron chi connectivity index (χ2n) is 7.17. The summed E-state index contributed by atoms with van der Waals surface area (Å²) in [6, 6.07) is 23.1. The number of ether oxygens (including phenoxy) is 2. The summed E-state index contributed by atoms with van der Waals surface area (Å²) in [5.41, 5.74) is 4.15. The predicted molar refractivity (Wildman–Crippen MR) is 130 cm³/mol. The summed E-state index contributed by atoms with van der Waals surface area (Å²) < 4.78 is 25.5. The molecule has 0 aliphatic rings. The molecule has 166 valence electrons. The summed E-state index contributed by atoms with van der Waals surface area (Å²) in [5.74, 6) is 0.356. The van der Waals surface area contributed by atoms with Gasteiger partial charge in [-0.2, -0.15) is 5.10 Å². The highest BCUT2D eigenvalue weighted by Gasteiger charge is 2.13. The van der Waals surface area contributed by atoms with Crippen LogP contribution < -0.4 is 14.9 Å². The Kier molecular flexibility index (Phi) is 7.00. The van der Waals surface area contributed by atoms with E-state index in [1.165, 1.54) is 19.4 Å². The number of carbonyl (C=O) groups is 1. The molecule has 0 bridgehead atoms. The number of nitrogens with one attached hydrogen (secondary N) is 1. The Labute approximate surface area is 199 Å². The molecule has 0 radical (unpaired) electrons. The molecule has 1 amide bonds. The van der Waals surface area contributed by atoms with Gasteiger partial charge in [-0.15, -0.1) is 0 Å². The molecule has 4 aromatic carbocycles. The summed E-state index contributed by atoms with van der Waals surface area (Å²) >= 11 is 3.45. The van der Waals surface area contributed by atoms with Crippen molar-refractivity contribution in [2.45, 2.75) is 6.61 Å². The third-order valence-corrected chi connectivity index (χ3v) is 5.61. The van der Waals surface area contributed by atoms with Gasteiger partial charge < -0.3 is 9.47 Å². The molecule has 0 saturated heterocycles. The molecule has 33 heavy (non-hydrogen) atoms. The first-order chi connectivity index (χ1) is 16.0. The number of nitrogens with zero attached hydrogens (tertiary/aromatic N) is 1. The van der Waals surface area contributed by atoms with Crippen molar-refractivity contribution in [2.24, 2.45) is 5.10 Å². The van der Waals surface area contributed by atoms with E-state index in [1.54, 1.807) is 42.5 Å². The second kappa shape index (κ2) is 10.3. The van der Waals surface area contributed by atoms with E-state index in [4.69, 9.17) is 9.47 Å². The maximum Gasteiger partial charge on any atom is 0.275 e. The summed E-state index contributed by atoms with van der Waals surface area (Å²) in [5, 5.41) is 5.97. The number of hydrogen-bond donors (Lipinski definition) is 1. The van der Waals surface area contributed by atoms with Crippen molar-refractivity contribution in [3.8, 4) is 11.5 Å². The maximum atomic E-state index is 13.8. The normalized spacial score (nSPS) is 11.0. The highest BCUT2D eigenvalue weighted by atomic mass is 79.9. The number of methoxy groups -OCH3 is 1. The van der Waals surface area contributed by atoms with Crippen LogP contribution in [-0.4, -0.2) is 19.2 Å². The summed E-state index contributed by atoms with van der Waals surface area (Å²) in [4.78, 5) is 12.7. The molecule has 0 aliphatic heterocycles. The standard InChI is InChI=1S/C26H20BrFN2O3/c1-32-25-14-19-7-3-2-6-18(19)13-21(25)26(31)30-29-15-17-10-11-24(22(27)12-17)33-16-20-8-4-5-9-23(20)28/h2-15H,16H2,1H3,(H,30,31)/b29-15-. The van der Waals surface area contributed by atoms with E-state index in [0.717, 1.165) is 16.3 Å². The lowest BCUT2D eigenvalue weighted by Gasteiger charge is -2.10. The Balaban J connectivity index is 1.42. The van der Waals surface area contributed by atoms with Gasteiger partial charge in [0, 0.05) is 5.56 Å². The summed E-state index contributed by atoms with van der Waals surface area (Å²) in [7, 11) is 1.53. The molecule has 0 spiro atoms. The molecule has 0 heterocycles. The number of hydrazone groups is 1. The molecule has 7 heteroatoms. The van der Waals surface area contributed by atoms with Crippen molar-refractivity contribution < 1.29 is 18.7 Å². The van der Waals surface area contributed by atoms with Crippen molar-refractivity contribution in [3.05, 3.63) is 106 Å². The third-order valence-electron chi connectivity index (χ3n) is 4.99. The first-order valence-corrected chi connectivity index (χ1v) is 10.9. The topological polar surface area (TPSA) is 59.9 Å². The molecule has 0 fully saturated rings. The van der Waals surface area contributed by atoms with Gasteiger partial charge in [-0.1, -0.05) is 42.5 Å². The maximum absolute atomic E-state index is 13.8. The number of carbonyl (C=O) groups excluding carboxylic acids is 1. The number of hydrogen-bond acceptors (Lipinski definition) is 4. The third kappa shape index (κ3) is 5.38. The van der Waals surface area contributed by atoms with Crippen LogP contribution in [0.3, 0.4) is 0 Å². The van der Waals surface area contributed by atoms with Crippen LogP contribution in [0.5, 0.6) is 11.5 Å². The molecular formula is C26H20BrFN2O3. The lowest BCUT2D eigenvalue weighted by Crippen LogP contribution is -2.18. The van der Waals surface area contributed by atoms with Gasteiger partial charge in [0.1, 0.15) is 23.9 Å². The van der Waals surface area contributed by atoms with Gasteiger partial charge in [-0.3, -0.25) is 4.79 Å². The number of rotatable bonds is 7. The van der Waals surface area contributed by atoms with Gasteiger partial charge in [-0.25, -0.2) is 9.82 Å².